The van der Waals surface area contributed by atoms with Crippen molar-refractivity contribution in [2.75, 3.05) is 11.9 Å². The minimum atomic E-state index is -0.260. The second kappa shape index (κ2) is 8.39. The first-order chi connectivity index (χ1) is 11.0. The Bertz CT molecular complexity index is 654. The van der Waals surface area contributed by atoms with E-state index in [2.05, 4.69) is 24.5 Å². The average Bonchev–Trinajstić information content (AvgIpc) is 2.55. The molecule has 4 nitrogen and oxygen atoms in total. The number of nitrogens with one attached hydrogen (secondary N) is 2. The molecule has 0 saturated carbocycles. The molecule has 0 atom stereocenters. The Morgan fingerprint density at radius 3 is 2.26 bits per heavy atom. The molecule has 0 fully saturated rings. The third-order valence-electron chi connectivity index (χ3n) is 2.96. The molecule has 0 aliphatic carbocycles. The third kappa shape index (κ3) is 5.79. The van der Waals surface area contributed by atoms with E-state index in [0.29, 0.717) is 10.8 Å². The van der Waals surface area contributed by atoms with Crippen molar-refractivity contribution >= 4 is 29.3 Å². The molecule has 2 amide bonds. The van der Waals surface area contributed by atoms with E-state index >= 15 is 0 Å². The molecule has 0 radical (unpaired) electrons. The van der Waals surface area contributed by atoms with Crippen LogP contribution in [-0.2, 0) is 4.79 Å². The normalized spacial score (nSPS) is 10.4. The van der Waals surface area contributed by atoms with Gasteiger partial charge in [-0.25, -0.2) is 0 Å². The topological polar surface area (TPSA) is 58.2 Å². The van der Waals surface area contributed by atoms with Gasteiger partial charge in [-0.1, -0.05) is 32.0 Å². The van der Waals surface area contributed by atoms with Gasteiger partial charge in [0.15, 0.2) is 0 Å². The van der Waals surface area contributed by atoms with Crippen LogP contribution < -0.4 is 10.6 Å². The summed E-state index contributed by atoms with van der Waals surface area (Å²) in [7, 11) is 0. The van der Waals surface area contributed by atoms with Crippen LogP contribution in [0.3, 0.4) is 0 Å². The van der Waals surface area contributed by atoms with E-state index in [4.69, 9.17) is 0 Å². The van der Waals surface area contributed by atoms with Gasteiger partial charge in [0.05, 0.1) is 6.54 Å². The highest BCUT2D eigenvalue weighted by Crippen LogP contribution is 2.24. The Hall–Kier alpha value is -2.27. The third-order valence-corrected chi connectivity index (χ3v) is 3.97. The Morgan fingerprint density at radius 2 is 1.65 bits per heavy atom. The minimum absolute atomic E-state index is 0.0593. The van der Waals surface area contributed by atoms with E-state index in [0.717, 1.165) is 10.6 Å². The van der Waals surface area contributed by atoms with Gasteiger partial charge in [0.2, 0.25) is 5.91 Å². The van der Waals surface area contributed by atoms with Gasteiger partial charge in [0, 0.05) is 21.4 Å². The number of hydrogen-bond acceptors (Lipinski definition) is 3. The molecular weight excluding hydrogens is 308 g/mol. The average molecular weight is 328 g/mol. The second-order valence-electron chi connectivity index (χ2n) is 5.29. The first kappa shape index (κ1) is 17.1. The van der Waals surface area contributed by atoms with Gasteiger partial charge in [0.25, 0.3) is 5.91 Å². The highest BCUT2D eigenvalue weighted by Gasteiger charge is 2.08. The molecule has 2 aromatic carbocycles. The molecule has 0 heterocycles. The summed E-state index contributed by atoms with van der Waals surface area (Å²) in [6, 6.07) is 16.5. The zero-order chi connectivity index (χ0) is 16.7. The SMILES string of the molecule is CC(C)Sc1ccc(NC(=O)CNC(=O)c2ccccc2)cc1. The molecule has 0 bridgehead atoms. The first-order valence-electron chi connectivity index (χ1n) is 7.44. The minimum Gasteiger partial charge on any atom is -0.343 e. The smallest absolute Gasteiger partial charge is 0.251 e. The predicted molar refractivity (Wildman–Crippen MR) is 94.8 cm³/mol. The molecule has 120 valence electrons. The Morgan fingerprint density at radius 1 is 1.00 bits per heavy atom. The molecule has 0 spiro atoms. The fourth-order valence-corrected chi connectivity index (χ4v) is 2.78. The van der Waals surface area contributed by atoms with E-state index in [1.54, 1.807) is 36.0 Å². The molecule has 0 saturated heterocycles. The Kier molecular flexibility index (Phi) is 6.23. The van der Waals surface area contributed by atoms with Crippen LogP contribution in [0, 0.1) is 0 Å². The van der Waals surface area contributed by atoms with Crippen LogP contribution in [0.2, 0.25) is 0 Å². The van der Waals surface area contributed by atoms with Crippen LogP contribution in [0.15, 0.2) is 59.5 Å². The first-order valence-corrected chi connectivity index (χ1v) is 8.32. The van der Waals surface area contributed by atoms with Crippen molar-refractivity contribution in [2.24, 2.45) is 0 Å². The van der Waals surface area contributed by atoms with Crippen molar-refractivity contribution < 1.29 is 9.59 Å². The highest BCUT2D eigenvalue weighted by atomic mass is 32.2. The van der Waals surface area contributed by atoms with Crippen LogP contribution in [-0.4, -0.2) is 23.6 Å². The van der Waals surface area contributed by atoms with Crippen molar-refractivity contribution in [2.45, 2.75) is 24.0 Å². The summed E-state index contributed by atoms with van der Waals surface area (Å²) < 4.78 is 0. The van der Waals surface area contributed by atoms with E-state index in [-0.39, 0.29) is 18.4 Å². The van der Waals surface area contributed by atoms with Crippen LogP contribution in [0.25, 0.3) is 0 Å². The molecule has 2 aromatic rings. The molecule has 2 N–H and O–H groups in total. The summed E-state index contributed by atoms with van der Waals surface area (Å²) >= 11 is 1.77. The molecule has 0 aromatic heterocycles. The molecule has 5 heteroatoms. The van der Waals surface area contributed by atoms with Crippen molar-refractivity contribution in [3.63, 3.8) is 0 Å². The van der Waals surface area contributed by atoms with Gasteiger partial charge >= 0.3 is 0 Å². The van der Waals surface area contributed by atoms with E-state index < -0.39 is 0 Å². The Labute approximate surface area is 140 Å². The molecule has 0 unspecified atom stereocenters. The number of amides is 2. The molecule has 23 heavy (non-hydrogen) atoms. The lowest BCUT2D eigenvalue weighted by atomic mass is 10.2. The van der Waals surface area contributed by atoms with Crippen molar-refractivity contribution in [3.05, 3.63) is 60.2 Å². The van der Waals surface area contributed by atoms with Crippen molar-refractivity contribution in [1.29, 1.82) is 0 Å². The van der Waals surface area contributed by atoms with E-state index in [1.807, 2.05) is 30.3 Å². The summed E-state index contributed by atoms with van der Waals surface area (Å²) in [6.45, 7) is 4.21. The number of hydrogen-bond donors (Lipinski definition) is 2. The largest absolute Gasteiger partial charge is 0.343 e. The van der Waals surface area contributed by atoms with Crippen LogP contribution >= 0.6 is 11.8 Å². The summed E-state index contributed by atoms with van der Waals surface area (Å²) in [5, 5.41) is 5.88. The monoisotopic (exact) mass is 328 g/mol. The van der Waals surface area contributed by atoms with Gasteiger partial charge in [-0.3, -0.25) is 9.59 Å². The number of rotatable bonds is 6. The summed E-state index contributed by atoms with van der Waals surface area (Å²) in [5.41, 5.74) is 1.26. The number of anilines is 1. The van der Waals surface area contributed by atoms with Crippen LogP contribution in [0.1, 0.15) is 24.2 Å². The number of carbonyl (C=O) groups is 2. The van der Waals surface area contributed by atoms with E-state index in [1.165, 1.54) is 0 Å². The van der Waals surface area contributed by atoms with E-state index in [9.17, 15) is 9.59 Å². The second-order valence-corrected chi connectivity index (χ2v) is 6.94. The molecular formula is C18H20N2O2S. The molecule has 2 rings (SSSR count). The van der Waals surface area contributed by atoms with Gasteiger partial charge in [0.1, 0.15) is 0 Å². The van der Waals surface area contributed by atoms with Crippen LogP contribution in [0.4, 0.5) is 5.69 Å². The van der Waals surface area contributed by atoms with Gasteiger partial charge in [-0.2, -0.15) is 0 Å². The van der Waals surface area contributed by atoms with Gasteiger partial charge < -0.3 is 10.6 Å². The zero-order valence-electron chi connectivity index (χ0n) is 13.2. The fourth-order valence-electron chi connectivity index (χ4n) is 1.95. The maximum Gasteiger partial charge on any atom is 0.251 e. The highest BCUT2D eigenvalue weighted by molar-refractivity contribution is 7.99. The summed E-state index contributed by atoms with van der Waals surface area (Å²) in [4.78, 5) is 24.9. The maximum atomic E-state index is 11.9. The van der Waals surface area contributed by atoms with Gasteiger partial charge in [-0.15, -0.1) is 11.8 Å². The number of benzene rings is 2. The maximum absolute atomic E-state index is 11.9. The number of carbonyl (C=O) groups excluding carboxylic acids is 2. The Balaban J connectivity index is 1.81. The number of thioether (sulfide) groups is 1. The lowest BCUT2D eigenvalue weighted by Gasteiger charge is -2.09. The quantitative estimate of drug-likeness (QED) is 0.797. The molecule has 0 aliphatic heterocycles. The fraction of sp³-hybridized carbons (Fsp3) is 0.222. The predicted octanol–water partition coefficient (Wildman–Crippen LogP) is 3.56. The summed E-state index contributed by atoms with van der Waals surface area (Å²) in [5.74, 6) is -0.511. The van der Waals surface area contributed by atoms with Crippen LogP contribution in [0.5, 0.6) is 0 Å². The lowest BCUT2D eigenvalue weighted by molar-refractivity contribution is -0.115. The zero-order valence-corrected chi connectivity index (χ0v) is 14.0. The molecule has 0 aliphatic rings. The van der Waals surface area contributed by atoms with Gasteiger partial charge in [-0.05, 0) is 36.4 Å². The summed E-state index contributed by atoms with van der Waals surface area (Å²) in [6.07, 6.45) is 0. The standard InChI is InChI=1S/C18H20N2O2S/c1-13(2)23-16-10-8-15(9-11-16)20-17(21)12-19-18(22)14-6-4-3-5-7-14/h3-11,13H,12H2,1-2H3,(H,19,22)(H,20,21). The van der Waals surface area contributed by atoms with Crippen molar-refractivity contribution in [1.82, 2.24) is 5.32 Å². The van der Waals surface area contributed by atoms with Crippen molar-refractivity contribution in [3.8, 4) is 0 Å². The lowest BCUT2D eigenvalue weighted by Crippen LogP contribution is -2.32.